The number of phenolic OH excluding ortho intramolecular Hbond substituents is 2. The summed E-state index contributed by atoms with van der Waals surface area (Å²) in [5, 5.41) is 40.7. The molecule has 9 nitrogen and oxygen atoms in total. The number of rotatable bonds is 6. The fraction of sp³-hybridized carbons (Fsp3) is 0.0385. The van der Waals surface area contributed by atoms with E-state index in [4.69, 9.17) is 0 Å². The van der Waals surface area contributed by atoms with Crippen LogP contribution in [-0.2, 0) is 0 Å². The fourth-order valence-corrected chi connectivity index (χ4v) is 3.68. The van der Waals surface area contributed by atoms with Crippen LogP contribution in [0.5, 0.6) is 11.5 Å². The Hall–Kier alpha value is -5.05. The predicted molar refractivity (Wildman–Crippen MR) is 138 cm³/mol. The number of phenols is 2. The van der Waals surface area contributed by atoms with Gasteiger partial charge in [0.25, 0.3) is 5.95 Å². The molecule has 172 valence electrons. The van der Waals surface area contributed by atoms with Crippen molar-refractivity contribution in [1.82, 2.24) is 15.2 Å². The van der Waals surface area contributed by atoms with Gasteiger partial charge in [-0.05, 0) is 40.6 Å². The quantitative estimate of drug-likeness (QED) is 0.211. The van der Waals surface area contributed by atoms with Gasteiger partial charge in [-0.25, -0.2) is 5.43 Å². The molecule has 0 spiro atoms. The smallest absolute Gasteiger partial charge is 0.265 e. The van der Waals surface area contributed by atoms with Gasteiger partial charge in [-0.15, -0.1) is 10.2 Å². The van der Waals surface area contributed by atoms with Gasteiger partial charge in [0.1, 0.15) is 17.2 Å². The summed E-state index contributed by atoms with van der Waals surface area (Å²) in [4.78, 5) is 4.36. The number of hydrogen-bond donors (Lipinski definition) is 4. The van der Waals surface area contributed by atoms with E-state index in [0.717, 1.165) is 21.5 Å². The lowest BCUT2D eigenvalue weighted by Gasteiger charge is -2.07. The number of aromatic hydroxyl groups is 2. The van der Waals surface area contributed by atoms with Crippen molar-refractivity contribution in [2.75, 3.05) is 10.9 Å². The second-order valence-electron chi connectivity index (χ2n) is 7.75. The number of nitrogens with one attached hydrogen (secondary N) is 2. The molecule has 0 atom stereocenters. The standard InChI is InChI=1S/C26H21N7O2/c1-16-25(31-27-14-21-19-8-4-2-6-17(19)10-12-23(21)34)29-26(33-30-16)32-28-15-22-20-9-5-3-7-18(20)11-13-24(22)35/h2-15,34-35H,1H3,(H2,29,31,32,33)/b27-14-,28-15-. The molecule has 9 heteroatoms. The zero-order valence-corrected chi connectivity index (χ0v) is 18.7. The maximum atomic E-state index is 10.3. The molecule has 0 unspecified atom stereocenters. The molecule has 35 heavy (non-hydrogen) atoms. The van der Waals surface area contributed by atoms with Gasteiger partial charge in [0.05, 0.1) is 12.4 Å². The summed E-state index contributed by atoms with van der Waals surface area (Å²) in [7, 11) is 0. The molecule has 0 aliphatic carbocycles. The summed E-state index contributed by atoms with van der Waals surface area (Å²) >= 11 is 0. The Kier molecular flexibility index (Phi) is 5.87. The van der Waals surface area contributed by atoms with Crippen LogP contribution in [0.15, 0.2) is 83.0 Å². The summed E-state index contributed by atoms with van der Waals surface area (Å²) in [5.41, 5.74) is 7.28. The Labute approximate surface area is 200 Å². The van der Waals surface area contributed by atoms with E-state index in [1.807, 2.05) is 60.7 Å². The molecular formula is C26H21N7O2. The topological polar surface area (TPSA) is 128 Å². The number of hydrazone groups is 2. The van der Waals surface area contributed by atoms with E-state index >= 15 is 0 Å². The SMILES string of the molecule is Cc1nnc(N/N=C\c2c(O)ccc3ccccc23)nc1N/N=C\c1c(O)ccc2ccccc12. The van der Waals surface area contributed by atoms with E-state index in [2.05, 4.69) is 36.2 Å². The summed E-state index contributed by atoms with van der Waals surface area (Å²) in [5.74, 6) is 0.768. The predicted octanol–water partition coefficient (Wildman–Crippen LogP) is 4.79. The Morgan fingerprint density at radius 2 is 1.23 bits per heavy atom. The van der Waals surface area contributed by atoms with Crippen LogP contribution in [-0.4, -0.2) is 37.8 Å². The molecule has 0 aliphatic heterocycles. The number of nitrogens with zero attached hydrogens (tertiary/aromatic N) is 5. The van der Waals surface area contributed by atoms with Gasteiger partial charge < -0.3 is 10.2 Å². The zero-order valence-electron chi connectivity index (χ0n) is 18.7. The zero-order chi connectivity index (χ0) is 24.2. The van der Waals surface area contributed by atoms with Crippen molar-refractivity contribution in [2.24, 2.45) is 10.2 Å². The van der Waals surface area contributed by atoms with Crippen molar-refractivity contribution in [1.29, 1.82) is 0 Å². The average Bonchev–Trinajstić information content (AvgIpc) is 2.88. The molecule has 5 rings (SSSR count). The molecule has 1 heterocycles. The molecular weight excluding hydrogens is 442 g/mol. The second kappa shape index (κ2) is 9.44. The molecule has 0 radical (unpaired) electrons. The third-order valence-corrected chi connectivity index (χ3v) is 5.47. The maximum Gasteiger partial charge on any atom is 0.265 e. The first-order valence-electron chi connectivity index (χ1n) is 10.8. The number of aryl methyl sites for hydroxylation is 1. The van der Waals surface area contributed by atoms with Crippen LogP contribution < -0.4 is 10.9 Å². The van der Waals surface area contributed by atoms with Crippen LogP contribution in [0.4, 0.5) is 11.8 Å². The molecule has 0 saturated carbocycles. The van der Waals surface area contributed by atoms with E-state index in [-0.39, 0.29) is 17.4 Å². The van der Waals surface area contributed by atoms with E-state index in [0.29, 0.717) is 22.6 Å². The van der Waals surface area contributed by atoms with Gasteiger partial charge in [0.2, 0.25) is 0 Å². The summed E-state index contributed by atoms with van der Waals surface area (Å²) < 4.78 is 0. The van der Waals surface area contributed by atoms with E-state index in [1.165, 1.54) is 12.4 Å². The van der Waals surface area contributed by atoms with Crippen molar-refractivity contribution < 1.29 is 10.2 Å². The third kappa shape index (κ3) is 4.55. The largest absolute Gasteiger partial charge is 0.507 e. The summed E-state index contributed by atoms with van der Waals surface area (Å²) in [6.07, 6.45) is 3.04. The molecule has 4 aromatic carbocycles. The number of aromatic nitrogens is 3. The fourth-order valence-electron chi connectivity index (χ4n) is 3.68. The number of fused-ring (bicyclic) bond motifs is 2. The Morgan fingerprint density at radius 1 is 0.686 bits per heavy atom. The van der Waals surface area contributed by atoms with Gasteiger partial charge in [-0.3, -0.25) is 5.43 Å². The number of hydrogen-bond acceptors (Lipinski definition) is 9. The lowest BCUT2D eigenvalue weighted by Crippen LogP contribution is -2.05. The van der Waals surface area contributed by atoms with Crippen molar-refractivity contribution in [2.45, 2.75) is 6.92 Å². The number of benzene rings is 4. The van der Waals surface area contributed by atoms with Crippen LogP contribution >= 0.6 is 0 Å². The Morgan fingerprint density at radius 3 is 1.83 bits per heavy atom. The van der Waals surface area contributed by atoms with Gasteiger partial charge >= 0.3 is 0 Å². The first-order chi connectivity index (χ1) is 17.1. The minimum absolute atomic E-state index is 0.116. The van der Waals surface area contributed by atoms with Crippen molar-refractivity contribution in [3.05, 3.63) is 89.6 Å². The van der Waals surface area contributed by atoms with Gasteiger partial charge in [0.15, 0.2) is 5.82 Å². The summed E-state index contributed by atoms with van der Waals surface area (Å²) in [6.45, 7) is 1.74. The van der Waals surface area contributed by atoms with Crippen LogP contribution in [0, 0.1) is 6.92 Å². The van der Waals surface area contributed by atoms with Crippen molar-refractivity contribution >= 4 is 45.7 Å². The lowest BCUT2D eigenvalue weighted by atomic mass is 10.0. The Balaban J connectivity index is 1.34. The van der Waals surface area contributed by atoms with Gasteiger partial charge in [-0.1, -0.05) is 60.7 Å². The van der Waals surface area contributed by atoms with Crippen LogP contribution in [0.25, 0.3) is 21.5 Å². The molecule has 0 saturated heterocycles. The molecule has 0 bridgehead atoms. The highest BCUT2D eigenvalue weighted by molar-refractivity contribution is 6.03. The molecule has 0 fully saturated rings. The van der Waals surface area contributed by atoms with Crippen LogP contribution in [0.1, 0.15) is 16.8 Å². The lowest BCUT2D eigenvalue weighted by molar-refractivity contribution is 0.475. The average molecular weight is 464 g/mol. The highest BCUT2D eigenvalue weighted by Crippen LogP contribution is 2.26. The monoisotopic (exact) mass is 463 g/mol. The first-order valence-corrected chi connectivity index (χ1v) is 10.8. The molecule has 4 N–H and O–H groups in total. The molecule has 0 amide bonds. The highest BCUT2D eigenvalue weighted by Gasteiger charge is 2.07. The van der Waals surface area contributed by atoms with Gasteiger partial charge in [-0.2, -0.15) is 15.2 Å². The normalized spacial score (nSPS) is 11.6. The second-order valence-corrected chi connectivity index (χ2v) is 7.75. The van der Waals surface area contributed by atoms with E-state index in [1.54, 1.807) is 19.1 Å². The Bertz CT molecular complexity index is 1600. The maximum absolute atomic E-state index is 10.3. The molecule has 1 aromatic heterocycles. The van der Waals surface area contributed by atoms with Crippen molar-refractivity contribution in [3.8, 4) is 11.5 Å². The summed E-state index contributed by atoms with van der Waals surface area (Å²) in [6, 6.07) is 22.4. The van der Waals surface area contributed by atoms with Crippen LogP contribution in [0.2, 0.25) is 0 Å². The number of anilines is 2. The van der Waals surface area contributed by atoms with Crippen LogP contribution in [0.3, 0.4) is 0 Å². The molecule has 5 aromatic rings. The first kappa shape index (κ1) is 21.8. The highest BCUT2D eigenvalue weighted by atomic mass is 16.3. The minimum Gasteiger partial charge on any atom is -0.507 e. The van der Waals surface area contributed by atoms with E-state index in [9.17, 15) is 10.2 Å². The third-order valence-electron chi connectivity index (χ3n) is 5.47. The van der Waals surface area contributed by atoms with Gasteiger partial charge in [0, 0.05) is 11.1 Å². The van der Waals surface area contributed by atoms with E-state index < -0.39 is 0 Å². The molecule has 0 aliphatic rings. The van der Waals surface area contributed by atoms with Crippen molar-refractivity contribution in [3.63, 3.8) is 0 Å². The minimum atomic E-state index is 0.116.